The highest BCUT2D eigenvalue weighted by Crippen LogP contribution is 2.31. The van der Waals surface area contributed by atoms with Gasteiger partial charge in [0.05, 0.1) is 6.10 Å². The van der Waals surface area contributed by atoms with Crippen molar-refractivity contribution in [1.29, 1.82) is 0 Å². The summed E-state index contributed by atoms with van der Waals surface area (Å²) in [6, 6.07) is 23.6. The fourth-order valence-electron chi connectivity index (χ4n) is 3.81. The largest absolute Gasteiger partial charge is 0.393 e. The van der Waals surface area contributed by atoms with Crippen molar-refractivity contribution in [3.63, 3.8) is 0 Å². The van der Waals surface area contributed by atoms with E-state index in [1.54, 1.807) is 12.1 Å². The van der Waals surface area contributed by atoms with Gasteiger partial charge in [-0.05, 0) is 65.8 Å². The molecule has 1 aliphatic heterocycles. The molecular formula is C24H24FNO. The van der Waals surface area contributed by atoms with Crippen molar-refractivity contribution in [2.24, 2.45) is 0 Å². The number of hydrogen-bond acceptors (Lipinski definition) is 2. The highest BCUT2D eigenvalue weighted by Gasteiger charge is 2.20. The third-order valence-corrected chi connectivity index (χ3v) is 5.28. The molecule has 0 aromatic heterocycles. The first kappa shape index (κ1) is 17.7. The fourth-order valence-corrected chi connectivity index (χ4v) is 3.81. The average molecular weight is 361 g/mol. The maximum atomic E-state index is 13.7. The number of benzene rings is 3. The quantitative estimate of drug-likeness (QED) is 0.703. The van der Waals surface area contributed by atoms with E-state index in [4.69, 9.17) is 0 Å². The van der Waals surface area contributed by atoms with Crippen LogP contribution in [0, 0.1) is 5.82 Å². The van der Waals surface area contributed by atoms with Crippen molar-refractivity contribution in [1.82, 2.24) is 0 Å². The zero-order valence-electron chi connectivity index (χ0n) is 15.3. The number of rotatable bonds is 4. The van der Waals surface area contributed by atoms with Crippen LogP contribution in [0.1, 0.15) is 24.0 Å². The summed E-state index contributed by atoms with van der Waals surface area (Å²) >= 11 is 0. The van der Waals surface area contributed by atoms with Gasteiger partial charge in [0.25, 0.3) is 0 Å². The maximum Gasteiger partial charge on any atom is 0.123 e. The molecule has 3 heteroatoms. The van der Waals surface area contributed by atoms with Gasteiger partial charge < -0.3 is 10.0 Å². The van der Waals surface area contributed by atoms with Crippen LogP contribution in [0.4, 0.5) is 10.1 Å². The molecule has 1 N–H and O–H groups in total. The normalized spacial score (nSPS) is 15.1. The average Bonchev–Trinajstić information content (AvgIpc) is 2.70. The second kappa shape index (κ2) is 7.93. The van der Waals surface area contributed by atoms with E-state index in [1.807, 2.05) is 12.1 Å². The number of halogens is 1. The molecule has 0 atom stereocenters. The second-order valence-electron chi connectivity index (χ2n) is 7.23. The molecule has 138 valence electrons. The first-order valence-corrected chi connectivity index (χ1v) is 9.55. The van der Waals surface area contributed by atoms with Crippen molar-refractivity contribution < 1.29 is 9.50 Å². The summed E-state index contributed by atoms with van der Waals surface area (Å²) in [6.07, 6.45) is 2.25. The van der Waals surface area contributed by atoms with Crippen LogP contribution >= 0.6 is 0 Å². The number of nitrogens with zero attached hydrogens (tertiary/aromatic N) is 1. The fraction of sp³-hybridized carbons (Fsp3) is 0.250. The summed E-state index contributed by atoms with van der Waals surface area (Å²) in [5.74, 6) is -0.216. The third-order valence-electron chi connectivity index (χ3n) is 5.28. The van der Waals surface area contributed by atoms with Gasteiger partial charge >= 0.3 is 0 Å². The predicted octanol–water partition coefficient (Wildman–Crippen LogP) is 5.04. The van der Waals surface area contributed by atoms with E-state index in [1.165, 1.54) is 22.9 Å². The van der Waals surface area contributed by atoms with E-state index in [0.29, 0.717) is 0 Å². The van der Waals surface area contributed by atoms with Gasteiger partial charge in [-0.15, -0.1) is 0 Å². The van der Waals surface area contributed by atoms with Crippen LogP contribution in [-0.2, 0) is 6.42 Å². The molecule has 27 heavy (non-hydrogen) atoms. The van der Waals surface area contributed by atoms with Gasteiger partial charge in [0.1, 0.15) is 5.82 Å². The Morgan fingerprint density at radius 2 is 1.59 bits per heavy atom. The Morgan fingerprint density at radius 3 is 2.33 bits per heavy atom. The van der Waals surface area contributed by atoms with E-state index in [9.17, 15) is 9.50 Å². The lowest BCUT2D eigenvalue weighted by Gasteiger charge is -2.33. The van der Waals surface area contributed by atoms with Crippen molar-refractivity contribution >= 4 is 5.69 Å². The Balaban J connectivity index is 1.71. The number of aliphatic hydroxyl groups excluding tert-OH is 1. The van der Waals surface area contributed by atoms with Gasteiger partial charge in [0.15, 0.2) is 0 Å². The summed E-state index contributed by atoms with van der Waals surface area (Å²) in [5.41, 5.74) is 5.63. The Bertz CT molecular complexity index is 901. The summed E-state index contributed by atoms with van der Waals surface area (Å²) in [4.78, 5) is 2.36. The molecule has 0 saturated carbocycles. The zero-order chi connectivity index (χ0) is 18.6. The van der Waals surface area contributed by atoms with Crippen molar-refractivity contribution in [3.05, 3.63) is 89.7 Å². The molecular weight excluding hydrogens is 337 g/mol. The number of anilines is 1. The SMILES string of the molecule is OC1CCN(c2ccc(-c3cccc(F)c3)cc2Cc2ccccc2)CC1. The van der Waals surface area contributed by atoms with Gasteiger partial charge in [-0.1, -0.05) is 48.5 Å². The molecule has 1 aliphatic rings. The first-order valence-electron chi connectivity index (χ1n) is 9.55. The van der Waals surface area contributed by atoms with Crippen LogP contribution in [0.3, 0.4) is 0 Å². The Morgan fingerprint density at radius 1 is 0.852 bits per heavy atom. The first-order chi connectivity index (χ1) is 13.2. The van der Waals surface area contributed by atoms with Crippen molar-refractivity contribution in [2.75, 3.05) is 18.0 Å². The van der Waals surface area contributed by atoms with Crippen molar-refractivity contribution in [3.8, 4) is 11.1 Å². The lowest BCUT2D eigenvalue weighted by Crippen LogP contribution is -2.36. The molecule has 3 aromatic rings. The van der Waals surface area contributed by atoms with Crippen LogP contribution in [0.25, 0.3) is 11.1 Å². The van der Waals surface area contributed by atoms with E-state index in [2.05, 4.69) is 47.4 Å². The molecule has 0 aliphatic carbocycles. The molecule has 1 heterocycles. The number of piperidine rings is 1. The molecule has 0 spiro atoms. The minimum Gasteiger partial charge on any atom is -0.393 e. The Hall–Kier alpha value is -2.65. The number of hydrogen-bond donors (Lipinski definition) is 1. The van der Waals surface area contributed by atoms with E-state index >= 15 is 0 Å². The van der Waals surface area contributed by atoms with Crippen LogP contribution in [0.5, 0.6) is 0 Å². The lowest BCUT2D eigenvalue weighted by molar-refractivity contribution is 0.145. The van der Waals surface area contributed by atoms with Gasteiger partial charge in [0, 0.05) is 18.8 Å². The van der Waals surface area contributed by atoms with E-state index < -0.39 is 0 Å². The molecule has 1 saturated heterocycles. The predicted molar refractivity (Wildman–Crippen MR) is 109 cm³/mol. The van der Waals surface area contributed by atoms with E-state index in [-0.39, 0.29) is 11.9 Å². The minimum absolute atomic E-state index is 0.189. The molecule has 0 bridgehead atoms. The molecule has 1 fully saturated rings. The number of aliphatic hydroxyl groups is 1. The van der Waals surface area contributed by atoms with Gasteiger partial charge in [-0.3, -0.25) is 0 Å². The van der Waals surface area contributed by atoms with Gasteiger partial charge in [-0.25, -0.2) is 4.39 Å². The third kappa shape index (κ3) is 4.20. The minimum atomic E-state index is -0.216. The molecule has 2 nitrogen and oxygen atoms in total. The second-order valence-corrected chi connectivity index (χ2v) is 7.23. The molecule has 3 aromatic carbocycles. The van der Waals surface area contributed by atoms with Gasteiger partial charge in [0.2, 0.25) is 0 Å². The highest BCUT2D eigenvalue weighted by molar-refractivity contribution is 5.69. The summed E-state index contributed by atoms with van der Waals surface area (Å²) in [6.45, 7) is 1.73. The molecule has 4 rings (SSSR count). The standard InChI is InChI=1S/C24H24FNO/c25-22-8-4-7-19(17-22)20-9-10-24(26-13-11-23(27)12-14-26)21(16-20)15-18-5-2-1-3-6-18/h1-10,16-17,23,27H,11-15H2. The molecule has 0 radical (unpaired) electrons. The van der Waals surface area contributed by atoms with E-state index in [0.717, 1.165) is 43.5 Å². The smallest absolute Gasteiger partial charge is 0.123 e. The molecule has 0 amide bonds. The molecule has 0 unspecified atom stereocenters. The van der Waals surface area contributed by atoms with Crippen LogP contribution < -0.4 is 4.90 Å². The zero-order valence-corrected chi connectivity index (χ0v) is 15.3. The Kier molecular flexibility index (Phi) is 5.21. The Labute approximate surface area is 159 Å². The lowest BCUT2D eigenvalue weighted by atomic mass is 9.96. The monoisotopic (exact) mass is 361 g/mol. The van der Waals surface area contributed by atoms with Crippen molar-refractivity contribution in [2.45, 2.75) is 25.4 Å². The highest BCUT2D eigenvalue weighted by atomic mass is 19.1. The topological polar surface area (TPSA) is 23.5 Å². The van der Waals surface area contributed by atoms with Crippen LogP contribution in [-0.4, -0.2) is 24.3 Å². The summed E-state index contributed by atoms with van der Waals surface area (Å²) < 4.78 is 13.7. The summed E-state index contributed by atoms with van der Waals surface area (Å²) in [7, 11) is 0. The maximum absolute atomic E-state index is 13.7. The van der Waals surface area contributed by atoms with Crippen LogP contribution in [0.15, 0.2) is 72.8 Å². The van der Waals surface area contributed by atoms with Crippen LogP contribution in [0.2, 0.25) is 0 Å². The van der Waals surface area contributed by atoms with Gasteiger partial charge in [-0.2, -0.15) is 0 Å². The summed E-state index contributed by atoms with van der Waals surface area (Å²) in [5, 5.41) is 9.83.